The lowest BCUT2D eigenvalue weighted by Gasteiger charge is -2.26. The largest absolute Gasteiger partial charge is 0.457 e. The van der Waals surface area contributed by atoms with Crippen LogP contribution in [0.4, 0.5) is 22.0 Å². The van der Waals surface area contributed by atoms with E-state index in [2.05, 4.69) is 31.7 Å². The fraction of sp³-hybridized carbons (Fsp3) is 0.167. The van der Waals surface area contributed by atoms with Crippen LogP contribution in [-0.4, -0.2) is 51.8 Å². The number of para-hydroxylation sites is 1. The van der Waals surface area contributed by atoms with E-state index in [1.807, 2.05) is 71.2 Å². The van der Waals surface area contributed by atoms with E-state index in [9.17, 15) is 4.79 Å². The maximum Gasteiger partial charge on any atom is 0.323 e. The number of anilines is 3. The highest BCUT2D eigenvalue weighted by atomic mass is 16.5. The van der Waals surface area contributed by atoms with Crippen LogP contribution >= 0.6 is 0 Å². The monoisotopic (exact) mass is 535 g/mol. The summed E-state index contributed by atoms with van der Waals surface area (Å²) in [5.41, 5.74) is 11.2. The number of urea groups is 1. The SMILES string of the molecule is Nc1ncnn2c(CN3CCOCC3)cc(-c3ccc(NC(=O)Nc4cccc(Oc5ccccc5)c4)cc3)c12. The first-order valence-corrected chi connectivity index (χ1v) is 13.0. The second kappa shape index (κ2) is 11.4. The predicted octanol–water partition coefficient (Wildman–Crippen LogP) is 5.25. The molecule has 0 radical (unpaired) electrons. The molecule has 5 aromatic rings. The van der Waals surface area contributed by atoms with Gasteiger partial charge in [0.2, 0.25) is 0 Å². The van der Waals surface area contributed by atoms with Gasteiger partial charge in [-0.3, -0.25) is 4.90 Å². The van der Waals surface area contributed by atoms with Crippen LogP contribution in [0.15, 0.2) is 91.3 Å². The summed E-state index contributed by atoms with van der Waals surface area (Å²) in [7, 11) is 0. The summed E-state index contributed by atoms with van der Waals surface area (Å²) >= 11 is 0. The van der Waals surface area contributed by atoms with Gasteiger partial charge in [0, 0.05) is 42.6 Å². The Hall–Kier alpha value is -4.93. The normalized spacial score (nSPS) is 13.7. The van der Waals surface area contributed by atoms with Crippen LogP contribution in [0.1, 0.15) is 5.69 Å². The van der Waals surface area contributed by atoms with Crippen LogP contribution in [0.2, 0.25) is 0 Å². The third-order valence-corrected chi connectivity index (χ3v) is 6.67. The molecule has 0 atom stereocenters. The number of aromatic nitrogens is 3. The summed E-state index contributed by atoms with van der Waals surface area (Å²) in [6.07, 6.45) is 1.48. The van der Waals surface area contributed by atoms with Gasteiger partial charge in [-0.05, 0) is 48.0 Å². The Morgan fingerprint density at radius 3 is 2.45 bits per heavy atom. The standard InChI is InChI=1S/C30H29N7O3/c31-29-28-27(18-24(37(28)33-20-32-29)19-36-13-15-39-16-14-36)21-9-11-22(12-10-21)34-30(38)35-23-5-4-8-26(17-23)40-25-6-2-1-3-7-25/h1-12,17-18,20H,13-16,19H2,(H2,31,32,33)(H2,34,35,38). The molecule has 1 aliphatic rings. The van der Waals surface area contributed by atoms with Crippen molar-refractivity contribution in [2.24, 2.45) is 0 Å². The van der Waals surface area contributed by atoms with Crippen molar-refractivity contribution in [2.75, 3.05) is 42.7 Å². The van der Waals surface area contributed by atoms with E-state index < -0.39 is 0 Å². The molecule has 0 aliphatic carbocycles. The number of nitrogens with zero attached hydrogens (tertiary/aromatic N) is 4. The Labute approximate surface area is 231 Å². The molecule has 1 saturated heterocycles. The number of carbonyl (C=O) groups excluding carboxylic acids is 1. The van der Waals surface area contributed by atoms with Gasteiger partial charge in [0.15, 0.2) is 5.82 Å². The van der Waals surface area contributed by atoms with Gasteiger partial charge in [-0.15, -0.1) is 0 Å². The first kappa shape index (κ1) is 25.4. The number of amides is 2. The van der Waals surface area contributed by atoms with Gasteiger partial charge in [0.05, 0.1) is 18.9 Å². The number of hydrogen-bond acceptors (Lipinski definition) is 7. The molecule has 0 bridgehead atoms. The maximum absolute atomic E-state index is 12.7. The van der Waals surface area contributed by atoms with Gasteiger partial charge in [-0.2, -0.15) is 5.10 Å². The third kappa shape index (κ3) is 5.73. The minimum atomic E-state index is -0.357. The number of benzene rings is 3. The number of hydrogen-bond donors (Lipinski definition) is 3. The molecule has 2 amide bonds. The highest BCUT2D eigenvalue weighted by molar-refractivity contribution is 6.00. The zero-order valence-electron chi connectivity index (χ0n) is 21.8. The number of ether oxygens (including phenoxy) is 2. The smallest absolute Gasteiger partial charge is 0.323 e. The first-order valence-electron chi connectivity index (χ1n) is 13.0. The number of fused-ring (bicyclic) bond motifs is 1. The fourth-order valence-corrected chi connectivity index (χ4v) is 4.74. The Bertz CT molecular complexity index is 1610. The molecule has 10 heteroatoms. The van der Waals surface area contributed by atoms with Gasteiger partial charge in [-0.1, -0.05) is 36.4 Å². The molecule has 0 saturated carbocycles. The quantitative estimate of drug-likeness (QED) is 0.261. The molecule has 202 valence electrons. The van der Waals surface area contributed by atoms with Crippen LogP contribution in [0.5, 0.6) is 11.5 Å². The van der Waals surface area contributed by atoms with E-state index in [4.69, 9.17) is 15.2 Å². The summed E-state index contributed by atoms with van der Waals surface area (Å²) in [5, 5.41) is 10.2. The molecule has 6 rings (SSSR count). The maximum atomic E-state index is 12.7. The van der Waals surface area contributed by atoms with Gasteiger partial charge < -0.3 is 25.8 Å². The highest BCUT2D eigenvalue weighted by Crippen LogP contribution is 2.32. The molecule has 0 unspecified atom stereocenters. The average molecular weight is 536 g/mol. The molecule has 10 nitrogen and oxygen atoms in total. The van der Waals surface area contributed by atoms with E-state index in [-0.39, 0.29) is 6.03 Å². The molecule has 40 heavy (non-hydrogen) atoms. The predicted molar refractivity (Wildman–Crippen MR) is 155 cm³/mol. The number of nitrogen functional groups attached to an aromatic ring is 1. The van der Waals surface area contributed by atoms with E-state index >= 15 is 0 Å². The number of carbonyl (C=O) groups is 1. The van der Waals surface area contributed by atoms with Crippen molar-refractivity contribution in [3.05, 3.63) is 97.0 Å². The second-order valence-electron chi connectivity index (χ2n) is 9.44. The minimum absolute atomic E-state index is 0.357. The van der Waals surface area contributed by atoms with Crippen molar-refractivity contribution in [3.8, 4) is 22.6 Å². The van der Waals surface area contributed by atoms with E-state index in [1.165, 1.54) is 6.33 Å². The Balaban J connectivity index is 1.15. The summed E-state index contributed by atoms with van der Waals surface area (Å²) in [4.78, 5) is 19.3. The first-order chi connectivity index (χ1) is 19.6. The highest BCUT2D eigenvalue weighted by Gasteiger charge is 2.19. The molecule has 1 aliphatic heterocycles. The van der Waals surface area contributed by atoms with Crippen LogP contribution in [0.3, 0.4) is 0 Å². The zero-order chi connectivity index (χ0) is 27.3. The Morgan fingerprint density at radius 2 is 1.65 bits per heavy atom. The fourth-order valence-electron chi connectivity index (χ4n) is 4.74. The number of nitrogens with two attached hydrogens (primary N) is 1. The molecule has 3 heterocycles. The Morgan fingerprint density at radius 1 is 0.900 bits per heavy atom. The lowest BCUT2D eigenvalue weighted by atomic mass is 10.1. The van der Waals surface area contributed by atoms with Gasteiger partial charge in [0.25, 0.3) is 0 Å². The van der Waals surface area contributed by atoms with Crippen LogP contribution in [0.25, 0.3) is 16.6 Å². The number of nitrogens with one attached hydrogen (secondary N) is 2. The van der Waals surface area contributed by atoms with Crippen molar-refractivity contribution >= 4 is 28.7 Å². The van der Waals surface area contributed by atoms with Crippen molar-refractivity contribution in [1.29, 1.82) is 0 Å². The molecular formula is C30H29N7O3. The number of rotatable bonds is 7. The summed E-state index contributed by atoms with van der Waals surface area (Å²) in [5.74, 6) is 1.77. The lowest BCUT2D eigenvalue weighted by Crippen LogP contribution is -2.36. The van der Waals surface area contributed by atoms with Gasteiger partial charge >= 0.3 is 6.03 Å². The number of morpholine rings is 1. The molecule has 1 fully saturated rings. The third-order valence-electron chi connectivity index (χ3n) is 6.67. The van der Waals surface area contributed by atoms with Gasteiger partial charge in [-0.25, -0.2) is 14.3 Å². The summed E-state index contributed by atoms with van der Waals surface area (Å²) < 4.78 is 13.2. The lowest BCUT2D eigenvalue weighted by molar-refractivity contribution is 0.0334. The summed E-state index contributed by atoms with van der Waals surface area (Å²) in [6, 6.07) is 26.1. The molecule has 0 spiro atoms. The molecule has 4 N–H and O–H groups in total. The second-order valence-corrected chi connectivity index (χ2v) is 9.44. The van der Waals surface area contributed by atoms with Crippen molar-refractivity contribution in [2.45, 2.75) is 6.54 Å². The van der Waals surface area contributed by atoms with Crippen molar-refractivity contribution in [3.63, 3.8) is 0 Å². The zero-order valence-corrected chi connectivity index (χ0v) is 21.8. The van der Waals surface area contributed by atoms with Crippen LogP contribution < -0.4 is 21.1 Å². The topological polar surface area (TPSA) is 119 Å². The van der Waals surface area contributed by atoms with Crippen molar-refractivity contribution in [1.82, 2.24) is 19.5 Å². The van der Waals surface area contributed by atoms with E-state index in [0.717, 1.165) is 60.9 Å². The van der Waals surface area contributed by atoms with Crippen molar-refractivity contribution < 1.29 is 14.3 Å². The average Bonchev–Trinajstić information content (AvgIpc) is 3.34. The van der Waals surface area contributed by atoms with Crippen LogP contribution in [-0.2, 0) is 11.3 Å². The molecular weight excluding hydrogens is 506 g/mol. The molecule has 2 aromatic heterocycles. The summed E-state index contributed by atoms with van der Waals surface area (Å²) in [6.45, 7) is 3.93. The van der Waals surface area contributed by atoms with Gasteiger partial charge in [0.1, 0.15) is 23.3 Å². The van der Waals surface area contributed by atoms with E-state index in [1.54, 1.807) is 12.1 Å². The minimum Gasteiger partial charge on any atom is -0.457 e. The van der Waals surface area contributed by atoms with E-state index in [0.29, 0.717) is 22.9 Å². The molecule has 3 aromatic carbocycles. The Kier molecular flexibility index (Phi) is 7.25. The van der Waals surface area contributed by atoms with Crippen LogP contribution in [0, 0.1) is 0 Å².